The average molecular weight is 244 g/mol. The summed E-state index contributed by atoms with van der Waals surface area (Å²) in [5, 5.41) is 3.36. The molecule has 4 heteroatoms. The lowest BCUT2D eigenvalue weighted by Gasteiger charge is -2.06. The number of hydrogen-bond donors (Lipinski definition) is 1. The predicted octanol–water partition coefficient (Wildman–Crippen LogP) is 2.13. The van der Waals surface area contributed by atoms with Crippen molar-refractivity contribution >= 4 is 0 Å². The van der Waals surface area contributed by atoms with E-state index in [4.69, 9.17) is 0 Å². The molecule has 0 radical (unpaired) electrons. The van der Waals surface area contributed by atoms with Gasteiger partial charge in [0.25, 0.3) is 0 Å². The normalized spacial score (nSPS) is 11.1. The molecular formula is C14H20N4. The van der Waals surface area contributed by atoms with E-state index < -0.39 is 0 Å². The second-order valence-corrected chi connectivity index (χ2v) is 4.88. The lowest BCUT2D eigenvalue weighted by Crippen LogP contribution is -2.21. The van der Waals surface area contributed by atoms with Crippen molar-refractivity contribution in [1.29, 1.82) is 0 Å². The Morgan fingerprint density at radius 1 is 1.39 bits per heavy atom. The first-order chi connectivity index (χ1) is 8.65. The summed E-state index contributed by atoms with van der Waals surface area (Å²) in [5.74, 6) is 0. The number of imidazole rings is 1. The van der Waals surface area contributed by atoms with Crippen LogP contribution >= 0.6 is 0 Å². The molecule has 96 valence electrons. The van der Waals surface area contributed by atoms with Gasteiger partial charge in [0.05, 0.1) is 12.0 Å². The van der Waals surface area contributed by atoms with Crippen LogP contribution in [0.5, 0.6) is 0 Å². The number of aromatic nitrogens is 3. The van der Waals surface area contributed by atoms with Crippen LogP contribution < -0.4 is 5.32 Å². The highest BCUT2D eigenvalue weighted by atomic mass is 15.0. The third-order valence-electron chi connectivity index (χ3n) is 2.87. The Labute approximate surface area is 108 Å². The van der Waals surface area contributed by atoms with Crippen molar-refractivity contribution in [3.05, 3.63) is 47.8 Å². The number of aryl methyl sites for hydroxylation is 1. The monoisotopic (exact) mass is 244 g/mol. The molecule has 2 aromatic heterocycles. The minimum Gasteiger partial charge on any atom is -0.333 e. The maximum atomic E-state index is 4.40. The van der Waals surface area contributed by atoms with Crippen LogP contribution in [0, 0.1) is 6.92 Å². The first-order valence-electron chi connectivity index (χ1n) is 6.28. The van der Waals surface area contributed by atoms with E-state index in [2.05, 4.69) is 52.9 Å². The predicted molar refractivity (Wildman–Crippen MR) is 72.3 cm³/mol. The molecule has 4 nitrogen and oxygen atoms in total. The summed E-state index contributed by atoms with van der Waals surface area (Å²) in [7, 11) is 0. The molecule has 2 aromatic rings. The van der Waals surface area contributed by atoms with Crippen LogP contribution in [0.4, 0.5) is 0 Å². The largest absolute Gasteiger partial charge is 0.333 e. The van der Waals surface area contributed by atoms with Crippen molar-refractivity contribution in [2.75, 3.05) is 0 Å². The van der Waals surface area contributed by atoms with Gasteiger partial charge in [-0.2, -0.15) is 0 Å². The lowest BCUT2D eigenvalue weighted by molar-refractivity contribution is 0.582. The molecular weight excluding hydrogens is 224 g/mol. The van der Waals surface area contributed by atoms with Crippen LogP contribution in [0.3, 0.4) is 0 Å². The summed E-state index contributed by atoms with van der Waals surface area (Å²) < 4.78 is 2.11. The number of hydrogen-bond acceptors (Lipinski definition) is 3. The smallest absolute Gasteiger partial charge is 0.0953 e. The van der Waals surface area contributed by atoms with Crippen molar-refractivity contribution in [3.63, 3.8) is 0 Å². The lowest BCUT2D eigenvalue weighted by atomic mass is 10.1. The van der Waals surface area contributed by atoms with Crippen LogP contribution in [0.2, 0.25) is 0 Å². The zero-order valence-corrected chi connectivity index (χ0v) is 11.2. The second kappa shape index (κ2) is 5.78. The zero-order valence-electron chi connectivity index (χ0n) is 11.2. The first-order valence-corrected chi connectivity index (χ1v) is 6.28. The Bertz CT molecular complexity index is 502. The van der Waals surface area contributed by atoms with Gasteiger partial charge < -0.3 is 9.88 Å². The molecule has 0 aromatic carbocycles. The van der Waals surface area contributed by atoms with E-state index in [1.807, 2.05) is 18.7 Å². The van der Waals surface area contributed by atoms with Crippen molar-refractivity contribution < 1.29 is 0 Å². The summed E-state index contributed by atoms with van der Waals surface area (Å²) in [4.78, 5) is 8.50. The Balaban J connectivity index is 2.00. The minimum atomic E-state index is 0.484. The van der Waals surface area contributed by atoms with Gasteiger partial charge in [-0.15, -0.1) is 0 Å². The molecule has 2 rings (SSSR count). The molecule has 0 aliphatic heterocycles. The molecule has 0 fully saturated rings. The van der Waals surface area contributed by atoms with Crippen LogP contribution in [0.25, 0.3) is 0 Å². The number of pyridine rings is 1. The summed E-state index contributed by atoms with van der Waals surface area (Å²) >= 11 is 0. The standard InChI is InChI=1S/C14H20N4/c1-11(2)16-7-14-9-18(10-17-14)8-13-4-5-15-6-12(13)3/h4-6,9-11,16H,7-8H2,1-3H3. The highest BCUT2D eigenvalue weighted by Gasteiger charge is 2.02. The van der Waals surface area contributed by atoms with Crippen LogP contribution in [-0.2, 0) is 13.1 Å². The SMILES string of the molecule is Cc1cnccc1Cn1cnc(CNC(C)C)c1. The minimum absolute atomic E-state index is 0.484. The van der Waals surface area contributed by atoms with E-state index in [1.54, 1.807) is 0 Å². The van der Waals surface area contributed by atoms with Crippen LogP contribution in [0.1, 0.15) is 30.7 Å². The van der Waals surface area contributed by atoms with E-state index in [-0.39, 0.29) is 0 Å². The van der Waals surface area contributed by atoms with Gasteiger partial charge in [-0.25, -0.2) is 4.98 Å². The van der Waals surface area contributed by atoms with E-state index >= 15 is 0 Å². The van der Waals surface area contributed by atoms with Crippen molar-refractivity contribution in [1.82, 2.24) is 19.9 Å². The Hall–Kier alpha value is -1.68. The molecule has 0 atom stereocenters. The fraction of sp³-hybridized carbons (Fsp3) is 0.429. The molecule has 0 bridgehead atoms. The summed E-state index contributed by atoms with van der Waals surface area (Å²) in [5.41, 5.74) is 3.58. The molecule has 2 heterocycles. The van der Waals surface area contributed by atoms with Gasteiger partial charge in [0.1, 0.15) is 0 Å². The van der Waals surface area contributed by atoms with E-state index in [0.717, 1.165) is 18.8 Å². The molecule has 0 aliphatic carbocycles. The fourth-order valence-electron chi connectivity index (χ4n) is 1.77. The van der Waals surface area contributed by atoms with Gasteiger partial charge >= 0.3 is 0 Å². The van der Waals surface area contributed by atoms with Gasteiger partial charge in [-0.1, -0.05) is 13.8 Å². The molecule has 0 unspecified atom stereocenters. The maximum Gasteiger partial charge on any atom is 0.0953 e. The summed E-state index contributed by atoms with van der Waals surface area (Å²) in [6.45, 7) is 8.03. The van der Waals surface area contributed by atoms with Gasteiger partial charge in [-0.05, 0) is 24.1 Å². The van der Waals surface area contributed by atoms with E-state index in [9.17, 15) is 0 Å². The molecule has 0 amide bonds. The Morgan fingerprint density at radius 2 is 2.22 bits per heavy atom. The maximum absolute atomic E-state index is 4.40. The topological polar surface area (TPSA) is 42.7 Å². The van der Waals surface area contributed by atoms with Gasteiger partial charge in [0.15, 0.2) is 0 Å². The molecule has 0 saturated carbocycles. The zero-order chi connectivity index (χ0) is 13.0. The van der Waals surface area contributed by atoms with Crippen LogP contribution in [-0.4, -0.2) is 20.6 Å². The van der Waals surface area contributed by atoms with Crippen LogP contribution in [0.15, 0.2) is 31.0 Å². The van der Waals surface area contributed by atoms with Crippen molar-refractivity contribution in [2.45, 2.75) is 39.9 Å². The molecule has 0 spiro atoms. The van der Waals surface area contributed by atoms with Crippen molar-refractivity contribution in [2.24, 2.45) is 0 Å². The highest BCUT2D eigenvalue weighted by Crippen LogP contribution is 2.08. The van der Waals surface area contributed by atoms with Gasteiger partial charge in [-0.3, -0.25) is 4.98 Å². The third-order valence-corrected chi connectivity index (χ3v) is 2.87. The van der Waals surface area contributed by atoms with E-state index in [0.29, 0.717) is 6.04 Å². The van der Waals surface area contributed by atoms with E-state index in [1.165, 1.54) is 11.1 Å². The molecule has 1 N–H and O–H groups in total. The molecule has 0 aliphatic rings. The Kier molecular flexibility index (Phi) is 4.10. The van der Waals surface area contributed by atoms with Crippen molar-refractivity contribution in [3.8, 4) is 0 Å². The fourth-order valence-corrected chi connectivity index (χ4v) is 1.77. The van der Waals surface area contributed by atoms with Gasteiger partial charge in [0.2, 0.25) is 0 Å². The molecule has 18 heavy (non-hydrogen) atoms. The second-order valence-electron chi connectivity index (χ2n) is 4.88. The summed E-state index contributed by atoms with van der Waals surface area (Å²) in [6, 6.07) is 2.54. The number of nitrogens with zero attached hydrogens (tertiary/aromatic N) is 3. The third kappa shape index (κ3) is 3.40. The number of nitrogens with one attached hydrogen (secondary N) is 1. The quantitative estimate of drug-likeness (QED) is 0.876. The molecule has 0 saturated heterocycles. The highest BCUT2D eigenvalue weighted by molar-refractivity contribution is 5.22. The average Bonchev–Trinajstić information content (AvgIpc) is 2.77. The summed E-state index contributed by atoms with van der Waals surface area (Å²) in [6.07, 6.45) is 7.71. The van der Waals surface area contributed by atoms with Gasteiger partial charge in [0, 0.05) is 37.7 Å². The first kappa shape index (κ1) is 12.8. The Morgan fingerprint density at radius 3 is 2.94 bits per heavy atom. The number of rotatable bonds is 5.